The van der Waals surface area contributed by atoms with Gasteiger partial charge in [0.05, 0.1) is 11.7 Å². The summed E-state index contributed by atoms with van der Waals surface area (Å²) in [5, 5.41) is 7.71. The Morgan fingerprint density at radius 3 is 2.94 bits per heavy atom. The summed E-state index contributed by atoms with van der Waals surface area (Å²) < 4.78 is 1.85. The summed E-state index contributed by atoms with van der Waals surface area (Å²) in [6.45, 7) is 0. The Hall–Kier alpha value is -1.65. The molecule has 0 radical (unpaired) electrons. The molecule has 1 aliphatic rings. The van der Waals surface area contributed by atoms with E-state index in [1.54, 1.807) is 6.20 Å². The molecule has 1 saturated carbocycles. The van der Waals surface area contributed by atoms with Crippen molar-refractivity contribution in [3.63, 3.8) is 0 Å². The Morgan fingerprint density at radius 1 is 1.31 bits per heavy atom. The largest absolute Gasteiger partial charge is 0.327 e. The van der Waals surface area contributed by atoms with Gasteiger partial charge in [0.1, 0.15) is 0 Å². The van der Waals surface area contributed by atoms with Gasteiger partial charge in [-0.15, -0.1) is 5.10 Å². The number of H-pyrrole nitrogens is 1. The summed E-state index contributed by atoms with van der Waals surface area (Å²) in [7, 11) is 0. The molecule has 0 aromatic carbocycles. The second-order valence-electron chi connectivity index (χ2n) is 4.36. The molecule has 84 valence electrons. The molecule has 1 N–H and O–H groups in total. The quantitative estimate of drug-likeness (QED) is 0.791. The number of fused-ring (bicyclic) bond motifs is 1. The van der Waals surface area contributed by atoms with Gasteiger partial charge in [-0.25, -0.2) is 4.79 Å². The highest BCUT2D eigenvalue weighted by atomic mass is 16.1. The van der Waals surface area contributed by atoms with Crippen LogP contribution >= 0.6 is 0 Å². The standard InChI is InChI=1S/C11H14N4O/c16-11-13-10-9(6-7-12-14-10)15(11)8-4-2-1-3-5-8/h6-8H,1-5H2,(H,13,14,16). The van der Waals surface area contributed by atoms with Crippen LogP contribution in [-0.4, -0.2) is 19.7 Å². The molecule has 0 unspecified atom stereocenters. The van der Waals surface area contributed by atoms with E-state index in [-0.39, 0.29) is 5.69 Å². The minimum absolute atomic E-state index is 0.0533. The van der Waals surface area contributed by atoms with Crippen LogP contribution in [0.3, 0.4) is 0 Å². The number of imidazole rings is 1. The van der Waals surface area contributed by atoms with E-state index in [1.807, 2.05) is 10.6 Å². The zero-order valence-electron chi connectivity index (χ0n) is 9.02. The second-order valence-corrected chi connectivity index (χ2v) is 4.36. The van der Waals surface area contributed by atoms with Gasteiger partial charge in [0.15, 0.2) is 5.65 Å². The average Bonchev–Trinajstić information content (AvgIpc) is 2.66. The SMILES string of the molecule is O=c1[nH]c2nnccc2n1C1CCCCC1. The van der Waals surface area contributed by atoms with Crippen molar-refractivity contribution in [2.75, 3.05) is 0 Å². The Morgan fingerprint density at radius 2 is 2.12 bits per heavy atom. The zero-order chi connectivity index (χ0) is 11.0. The lowest BCUT2D eigenvalue weighted by atomic mass is 9.95. The number of aromatic amines is 1. The van der Waals surface area contributed by atoms with Crippen LogP contribution < -0.4 is 5.69 Å². The van der Waals surface area contributed by atoms with E-state index in [2.05, 4.69) is 15.2 Å². The number of nitrogens with zero attached hydrogens (tertiary/aromatic N) is 3. The van der Waals surface area contributed by atoms with Gasteiger partial charge < -0.3 is 0 Å². The number of nitrogens with one attached hydrogen (secondary N) is 1. The Kier molecular flexibility index (Phi) is 2.23. The van der Waals surface area contributed by atoms with Gasteiger partial charge in [-0.3, -0.25) is 9.55 Å². The van der Waals surface area contributed by atoms with Crippen molar-refractivity contribution < 1.29 is 0 Å². The highest BCUT2D eigenvalue weighted by Gasteiger charge is 2.19. The molecule has 0 aliphatic heterocycles. The monoisotopic (exact) mass is 218 g/mol. The van der Waals surface area contributed by atoms with Gasteiger partial charge in [-0.1, -0.05) is 19.3 Å². The summed E-state index contributed by atoms with van der Waals surface area (Å²) in [6, 6.07) is 2.19. The van der Waals surface area contributed by atoms with E-state index in [0.29, 0.717) is 11.7 Å². The predicted octanol–water partition coefficient (Wildman–Crippen LogP) is 1.62. The molecule has 2 aromatic rings. The Labute approximate surface area is 92.5 Å². The van der Waals surface area contributed by atoms with Crippen molar-refractivity contribution in [1.82, 2.24) is 19.7 Å². The molecule has 2 heterocycles. The second kappa shape index (κ2) is 3.73. The molecule has 5 heteroatoms. The third kappa shape index (κ3) is 1.43. The molecule has 0 saturated heterocycles. The molecule has 0 spiro atoms. The number of rotatable bonds is 1. The zero-order valence-corrected chi connectivity index (χ0v) is 9.02. The van der Waals surface area contributed by atoms with Crippen LogP contribution in [0.15, 0.2) is 17.1 Å². The maximum atomic E-state index is 11.9. The lowest BCUT2D eigenvalue weighted by molar-refractivity contribution is 0.353. The van der Waals surface area contributed by atoms with Gasteiger partial charge >= 0.3 is 5.69 Å². The molecule has 0 atom stereocenters. The summed E-state index contributed by atoms with van der Waals surface area (Å²) in [5.41, 5.74) is 1.42. The number of aromatic nitrogens is 4. The fourth-order valence-corrected chi connectivity index (χ4v) is 2.58. The number of hydrogen-bond donors (Lipinski definition) is 1. The molecule has 1 aliphatic carbocycles. The van der Waals surface area contributed by atoms with Crippen molar-refractivity contribution >= 4 is 11.2 Å². The molecule has 0 amide bonds. The minimum atomic E-state index is -0.0533. The van der Waals surface area contributed by atoms with Crippen LogP contribution in [0.4, 0.5) is 0 Å². The van der Waals surface area contributed by atoms with Crippen molar-refractivity contribution in [3.05, 3.63) is 22.7 Å². The molecule has 1 fully saturated rings. The molecule has 3 rings (SSSR count). The first-order valence-corrected chi connectivity index (χ1v) is 5.78. The van der Waals surface area contributed by atoms with E-state index < -0.39 is 0 Å². The summed E-state index contributed by atoms with van der Waals surface area (Å²) in [6.07, 6.45) is 7.53. The molecular formula is C11H14N4O. The highest BCUT2D eigenvalue weighted by Crippen LogP contribution is 2.28. The van der Waals surface area contributed by atoms with Gasteiger partial charge in [0.2, 0.25) is 0 Å². The van der Waals surface area contributed by atoms with Crippen LogP contribution in [0, 0.1) is 0 Å². The van der Waals surface area contributed by atoms with Crippen molar-refractivity contribution in [1.29, 1.82) is 0 Å². The van der Waals surface area contributed by atoms with Crippen LogP contribution in [0.2, 0.25) is 0 Å². The fraction of sp³-hybridized carbons (Fsp3) is 0.545. The van der Waals surface area contributed by atoms with Crippen LogP contribution in [-0.2, 0) is 0 Å². The first-order chi connectivity index (χ1) is 7.86. The molecule has 5 nitrogen and oxygen atoms in total. The summed E-state index contributed by atoms with van der Waals surface area (Å²) >= 11 is 0. The van der Waals surface area contributed by atoms with Gasteiger partial charge in [0, 0.05) is 6.04 Å². The van der Waals surface area contributed by atoms with Gasteiger partial charge in [0.25, 0.3) is 0 Å². The van der Waals surface area contributed by atoms with E-state index in [4.69, 9.17) is 0 Å². The van der Waals surface area contributed by atoms with E-state index >= 15 is 0 Å². The topological polar surface area (TPSA) is 63.6 Å². The fourth-order valence-electron chi connectivity index (χ4n) is 2.58. The van der Waals surface area contributed by atoms with Crippen LogP contribution in [0.1, 0.15) is 38.1 Å². The molecule has 2 aromatic heterocycles. The Balaban J connectivity index is 2.14. The smallest absolute Gasteiger partial charge is 0.289 e. The maximum Gasteiger partial charge on any atom is 0.327 e. The summed E-state index contributed by atoms with van der Waals surface area (Å²) in [5.74, 6) is 0. The summed E-state index contributed by atoms with van der Waals surface area (Å²) in [4.78, 5) is 14.6. The van der Waals surface area contributed by atoms with Crippen LogP contribution in [0.25, 0.3) is 11.2 Å². The minimum Gasteiger partial charge on any atom is -0.289 e. The van der Waals surface area contributed by atoms with Gasteiger partial charge in [-0.05, 0) is 18.9 Å². The lowest BCUT2D eigenvalue weighted by Gasteiger charge is -2.22. The highest BCUT2D eigenvalue weighted by molar-refractivity contribution is 5.69. The molecule has 0 bridgehead atoms. The van der Waals surface area contributed by atoms with Crippen molar-refractivity contribution in [2.24, 2.45) is 0 Å². The number of hydrogen-bond acceptors (Lipinski definition) is 3. The molecule has 16 heavy (non-hydrogen) atoms. The first kappa shape index (κ1) is 9.57. The third-order valence-corrected chi connectivity index (χ3v) is 3.34. The Bertz CT molecular complexity index is 550. The van der Waals surface area contributed by atoms with E-state index in [9.17, 15) is 4.79 Å². The van der Waals surface area contributed by atoms with Gasteiger partial charge in [-0.2, -0.15) is 5.10 Å². The first-order valence-electron chi connectivity index (χ1n) is 5.78. The third-order valence-electron chi connectivity index (χ3n) is 3.34. The average molecular weight is 218 g/mol. The van der Waals surface area contributed by atoms with E-state index in [1.165, 1.54) is 19.3 Å². The normalized spacial score (nSPS) is 18.0. The van der Waals surface area contributed by atoms with E-state index in [0.717, 1.165) is 18.4 Å². The molecular weight excluding hydrogens is 204 g/mol. The predicted molar refractivity (Wildman–Crippen MR) is 60.3 cm³/mol. The van der Waals surface area contributed by atoms with Crippen LogP contribution in [0.5, 0.6) is 0 Å². The lowest BCUT2D eigenvalue weighted by Crippen LogP contribution is -2.23. The van der Waals surface area contributed by atoms with Crippen molar-refractivity contribution in [2.45, 2.75) is 38.1 Å². The van der Waals surface area contributed by atoms with Crippen molar-refractivity contribution in [3.8, 4) is 0 Å². The maximum absolute atomic E-state index is 11.9.